The van der Waals surface area contributed by atoms with Crippen LogP contribution >= 0.6 is 24.0 Å². The van der Waals surface area contributed by atoms with Gasteiger partial charge in [-0.15, -0.1) is 24.0 Å². The molecule has 21 heavy (non-hydrogen) atoms. The van der Waals surface area contributed by atoms with E-state index in [4.69, 9.17) is 0 Å². The van der Waals surface area contributed by atoms with E-state index in [1.807, 2.05) is 7.05 Å². The first-order valence-electron chi connectivity index (χ1n) is 7.47. The molecule has 2 unspecified atom stereocenters. The zero-order chi connectivity index (χ0) is 14.8. The van der Waals surface area contributed by atoms with Crippen molar-refractivity contribution in [2.45, 2.75) is 45.6 Å². The smallest absolute Gasteiger partial charge is 0.191 e. The van der Waals surface area contributed by atoms with E-state index in [2.05, 4.69) is 67.6 Å². The van der Waals surface area contributed by atoms with Crippen LogP contribution in [-0.4, -0.2) is 25.6 Å². The normalized spacial score (nSPS) is 21.5. The summed E-state index contributed by atoms with van der Waals surface area (Å²) in [5.41, 5.74) is 2.74. The van der Waals surface area contributed by atoms with Crippen LogP contribution in [0.1, 0.15) is 38.3 Å². The molecule has 0 radical (unpaired) electrons. The first-order chi connectivity index (χ1) is 9.42. The molecule has 3 nitrogen and oxygen atoms in total. The van der Waals surface area contributed by atoms with Crippen LogP contribution in [0.5, 0.6) is 0 Å². The Kier molecular flexibility index (Phi) is 6.50. The fraction of sp³-hybridized carbons (Fsp3) is 0.588. The van der Waals surface area contributed by atoms with E-state index in [9.17, 15) is 0 Å². The monoisotopic (exact) mass is 401 g/mol. The molecule has 0 amide bonds. The number of aryl methyl sites for hydroxylation is 1. The largest absolute Gasteiger partial charge is 0.356 e. The molecule has 1 saturated carbocycles. The van der Waals surface area contributed by atoms with Gasteiger partial charge in [-0.05, 0) is 24.8 Å². The van der Waals surface area contributed by atoms with Crippen molar-refractivity contribution >= 4 is 29.9 Å². The minimum absolute atomic E-state index is 0. The van der Waals surface area contributed by atoms with Crippen molar-refractivity contribution in [2.24, 2.45) is 10.9 Å². The summed E-state index contributed by atoms with van der Waals surface area (Å²) in [6, 6.07) is 9.39. The fourth-order valence-corrected chi connectivity index (χ4v) is 2.30. The molecule has 118 valence electrons. The Bertz CT molecular complexity index is 479. The van der Waals surface area contributed by atoms with E-state index in [1.54, 1.807) is 0 Å². The van der Waals surface area contributed by atoms with Crippen LogP contribution in [-0.2, 0) is 5.41 Å². The van der Waals surface area contributed by atoms with Gasteiger partial charge in [-0.25, -0.2) is 0 Å². The molecule has 0 heterocycles. The zero-order valence-corrected chi connectivity index (χ0v) is 16.1. The second kappa shape index (κ2) is 7.47. The molecule has 0 aliphatic heterocycles. The van der Waals surface area contributed by atoms with E-state index >= 15 is 0 Å². The summed E-state index contributed by atoms with van der Waals surface area (Å²) in [4.78, 5) is 4.31. The number of hydrogen-bond acceptors (Lipinski definition) is 1. The summed E-state index contributed by atoms with van der Waals surface area (Å²) in [6.45, 7) is 9.78. The van der Waals surface area contributed by atoms with Gasteiger partial charge in [-0.3, -0.25) is 4.99 Å². The number of benzene rings is 1. The van der Waals surface area contributed by atoms with E-state index in [1.165, 1.54) is 17.5 Å². The lowest BCUT2D eigenvalue weighted by Crippen LogP contribution is -2.44. The summed E-state index contributed by atoms with van der Waals surface area (Å²) in [5, 5.41) is 6.92. The maximum atomic E-state index is 4.31. The predicted molar refractivity (Wildman–Crippen MR) is 102 cm³/mol. The number of halogens is 1. The van der Waals surface area contributed by atoms with E-state index in [0.29, 0.717) is 6.04 Å². The van der Waals surface area contributed by atoms with Crippen molar-refractivity contribution in [3.05, 3.63) is 35.4 Å². The third-order valence-corrected chi connectivity index (χ3v) is 4.19. The molecule has 0 aromatic heterocycles. The molecule has 1 aliphatic carbocycles. The minimum atomic E-state index is 0. The summed E-state index contributed by atoms with van der Waals surface area (Å²) < 4.78 is 0. The first-order valence-corrected chi connectivity index (χ1v) is 7.47. The highest BCUT2D eigenvalue weighted by Gasteiger charge is 2.33. The number of nitrogens with zero attached hydrogens (tertiary/aromatic N) is 1. The number of hydrogen-bond donors (Lipinski definition) is 2. The number of guanidine groups is 1. The van der Waals surface area contributed by atoms with Crippen LogP contribution in [0.3, 0.4) is 0 Å². The highest BCUT2D eigenvalue weighted by molar-refractivity contribution is 14.0. The molecular weight excluding hydrogens is 373 g/mol. The highest BCUT2D eigenvalue weighted by Crippen LogP contribution is 2.29. The quantitative estimate of drug-likeness (QED) is 0.461. The molecule has 1 aliphatic rings. The van der Waals surface area contributed by atoms with Gasteiger partial charge in [0.25, 0.3) is 0 Å². The molecule has 4 heteroatoms. The molecule has 0 spiro atoms. The van der Waals surface area contributed by atoms with Gasteiger partial charge in [0.05, 0.1) is 0 Å². The van der Waals surface area contributed by atoms with Gasteiger partial charge in [-0.1, -0.05) is 50.6 Å². The second-order valence-electron chi connectivity index (χ2n) is 6.64. The molecule has 0 saturated heterocycles. The SMILES string of the molecule is CN=C(NCC(C)(C)c1ccc(C)cc1)NC1CC1C.I. The standard InChI is InChI=1S/C17H27N3.HI/c1-12-6-8-14(9-7-12)17(3,4)11-19-16(18-5)20-15-10-13(15)2;/h6-9,13,15H,10-11H2,1-5H3,(H2,18,19,20);1H. The van der Waals surface area contributed by atoms with Crippen molar-refractivity contribution < 1.29 is 0 Å². The lowest BCUT2D eigenvalue weighted by atomic mass is 9.84. The van der Waals surface area contributed by atoms with Gasteiger partial charge in [0.15, 0.2) is 5.96 Å². The third-order valence-electron chi connectivity index (χ3n) is 4.19. The van der Waals surface area contributed by atoms with Crippen LogP contribution in [0.2, 0.25) is 0 Å². The summed E-state index contributed by atoms with van der Waals surface area (Å²) in [6.07, 6.45) is 1.25. The lowest BCUT2D eigenvalue weighted by Gasteiger charge is -2.27. The molecule has 1 fully saturated rings. The van der Waals surface area contributed by atoms with Crippen molar-refractivity contribution in [1.82, 2.24) is 10.6 Å². The average molecular weight is 401 g/mol. The molecule has 1 aromatic carbocycles. The first kappa shape index (κ1) is 18.3. The molecule has 2 atom stereocenters. The van der Waals surface area contributed by atoms with Gasteiger partial charge in [0.2, 0.25) is 0 Å². The maximum Gasteiger partial charge on any atom is 0.191 e. The Morgan fingerprint density at radius 2 is 1.86 bits per heavy atom. The Hall–Kier alpha value is -0.780. The van der Waals surface area contributed by atoms with E-state index < -0.39 is 0 Å². The summed E-state index contributed by atoms with van der Waals surface area (Å²) in [7, 11) is 1.83. The second-order valence-corrected chi connectivity index (χ2v) is 6.64. The van der Waals surface area contributed by atoms with Crippen LogP contribution in [0.15, 0.2) is 29.3 Å². The van der Waals surface area contributed by atoms with Crippen LogP contribution in [0.4, 0.5) is 0 Å². The molecular formula is C17H28IN3. The van der Waals surface area contributed by atoms with Crippen LogP contribution < -0.4 is 10.6 Å². The predicted octanol–water partition coefficient (Wildman–Crippen LogP) is 3.46. The van der Waals surface area contributed by atoms with Gasteiger partial charge in [0.1, 0.15) is 0 Å². The molecule has 1 aromatic rings. The van der Waals surface area contributed by atoms with Crippen molar-refractivity contribution in [3.63, 3.8) is 0 Å². The van der Waals surface area contributed by atoms with Crippen LogP contribution in [0, 0.1) is 12.8 Å². The minimum Gasteiger partial charge on any atom is -0.356 e. The topological polar surface area (TPSA) is 36.4 Å². The maximum absolute atomic E-state index is 4.31. The average Bonchev–Trinajstić information content (AvgIpc) is 3.10. The number of aliphatic imine (C=N–C) groups is 1. The number of nitrogens with one attached hydrogen (secondary N) is 2. The third kappa shape index (κ3) is 5.16. The Labute approximate surface area is 146 Å². The van der Waals surface area contributed by atoms with Crippen molar-refractivity contribution in [2.75, 3.05) is 13.6 Å². The van der Waals surface area contributed by atoms with Crippen molar-refractivity contribution in [1.29, 1.82) is 0 Å². The fourth-order valence-electron chi connectivity index (χ4n) is 2.30. The molecule has 2 rings (SSSR count). The summed E-state index contributed by atoms with van der Waals surface area (Å²) in [5.74, 6) is 1.69. The van der Waals surface area contributed by atoms with Gasteiger partial charge >= 0.3 is 0 Å². The summed E-state index contributed by atoms with van der Waals surface area (Å²) >= 11 is 0. The number of rotatable bonds is 4. The lowest BCUT2D eigenvalue weighted by molar-refractivity contribution is 0.508. The van der Waals surface area contributed by atoms with Gasteiger partial charge < -0.3 is 10.6 Å². The Balaban J connectivity index is 0.00000220. The van der Waals surface area contributed by atoms with Crippen LogP contribution in [0.25, 0.3) is 0 Å². The van der Waals surface area contributed by atoms with Gasteiger partial charge in [-0.2, -0.15) is 0 Å². The van der Waals surface area contributed by atoms with Crippen molar-refractivity contribution in [3.8, 4) is 0 Å². The zero-order valence-electron chi connectivity index (χ0n) is 13.7. The van der Waals surface area contributed by atoms with Gasteiger partial charge in [0, 0.05) is 25.0 Å². The molecule has 2 N–H and O–H groups in total. The van der Waals surface area contributed by atoms with E-state index in [-0.39, 0.29) is 29.4 Å². The Morgan fingerprint density at radius 1 is 1.29 bits per heavy atom. The highest BCUT2D eigenvalue weighted by atomic mass is 127. The Morgan fingerprint density at radius 3 is 2.33 bits per heavy atom. The van der Waals surface area contributed by atoms with E-state index in [0.717, 1.165) is 18.4 Å². The molecule has 0 bridgehead atoms.